The van der Waals surface area contributed by atoms with Crippen LogP contribution in [0.5, 0.6) is 0 Å². The summed E-state index contributed by atoms with van der Waals surface area (Å²) in [5.74, 6) is 0.633. The van der Waals surface area contributed by atoms with Crippen molar-refractivity contribution in [1.29, 1.82) is 0 Å². The van der Waals surface area contributed by atoms with Crippen LogP contribution >= 0.6 is 0 Å². The van der Waals surface area contributed by atoms with E-state index in [9.17, 15) is 0 Å². The molecule has 1 aromatic carbocycles. The highest BCUT2D eigenvalue weighted by Crippen LogP contribution is 2.32. The fourth-order valence-corrected chi connectivity index (χ4v) is 2.81. The molecule has 3 unspecified atom stereocenters. The van der Waals surface area contributed by atoms with E-state index < -0.39 is 0 Å². The molecule has 2 rings (SSSR count). The van der Waals surface area contributed by atoms with Crippen LogP contribution in [-0.2, 0) is 4.74 Å². The van der Waals surface area contributed by atoms with Gasteiger partial charge in [0, 0.05) is 6.61 Å². The summed E-state index contributed by atoms with van der Waals surface area (Å²) in [7, 11) is 2.03. The Morgan fingerprint density at radius 3 is 2.65 bits per heavy atom. The van der Waals surface area contributed by atoms with E-state index in [1.165, 1.54) is 23.1 Å². The first-order chi connectivity index (χ1) is 8.13. The number of likely N-dealkylation sites (N-methyl/N-ethyl adjacent to an activating group) is 1. The van der Waals surface area contributed by atoms with Gasteiger partial charge >= 0.3 is 0 Å². The Bertz CT molecular complexity index is 389. The van der Waals surface area contributed by atoms with Gasteiger partial charge in [-0.3, -0.25) is 0 Å². The molecule has 0 radical (unpaired) electrons. The van der Waals surface area contributed by atoms with Crippen LogP contribution < -0.4 is 5.32 Å². The number of nitrogens with one attached hydrogen (secondary N) is 1. The highest BCUT2D eigenvalue weighted by atomic mass is 16.5. The molecule has 2 nitrogen and oxygen atoms in total. The van der Waals surface area contributed by atoms with Crippen LogP contribution in [0.15, 0.2) is 18.2 Å². The smallest absolute Gasteiger partial charge is 0.0795 e. The maximum absolute atomic E-state index is 5.90. The van der Waals surface area contributed by atoms with Crippen LogP contribution in [0.4, 0.5) is 0 Å². The third-order valence-electron chi connectivity index (χ3n) is 3.84. The molecule has 1 fully saturated rings. The standard InChI is InChI=1S/C15H23NO/c1-10-5-6-13(12(3)9-10)14(16-4)15-11(2)7-8-17-15/h5-6,9,11,14-16H,7-8H2,1-4H3. The van der Waals surface area contributed by atoms with Crippen molar-refractivity contribution in [2.24, 2.45) is 5.92 Å². The Morgan fingerprint density at radius 2 is 2.12 bits per heavy atom. The van der Waals surface area contributed by atoms with Gasteiger partial charge in [-0.2, -0.15) is 0 Å². The lowest BCUT2D eigenvalue weighted by Gasteiger charge is -2.27. The van der Waals surface area contributed by atoms with Gasteiger partial charge in [0.2, 0.25) is 0 Å². The lowest BCUT2D eigenvalue weighted by atomic mass is 9.90. The van der Waals surface area contributed by atoms with Crippen molar-refractivity contribution in [2.45, 2.75) is 39.3 Å². The molecule has 0 bridgehead atoms. The minimum atomic E-state index is 0.307. The SMILES string of the molecule is CNC(c1ccc(C)cc1C)C1OCCC1C. The lowest BCUT2D eigenvalue weighted by Crippen LogP contribution is -2.33. The number of aryl methyl sites for hydroxylation is 2. The Labute approximate surface area is 104 Å². The van der Waals surface area contributed by atoms with Gasteiger partial charge in [0.1, 0.15) is 0 Å². The van der Waals surface area contributed by atoms with E-state index in [0.717, 1.165) is 6.61 Å². The first-order valence-corrected chi connectivity index (χ1v) is 6.49. The molecule has 2 heteroatoms. The predicted molar refractivity (Wildman–Crippen MR) is 71.2 cm³/mol. The van der Waals surface area contributed by atoms with Crippen LogP contribution in [0.2, 0.25) is 0 Å². The van der Waals surface area contributed by atoms with Gasteiger partial charge in [-0.05, 0) is 44.4 Å². The van der Waals surface area contributed by atoms with E-state index in [4.69, 9.17) is 4.74 Å². The normalized spacial score (nSPS) is 26.1. The molecular formula is C15H23NO. The minimum Gasteiger partial charge on any atom is -0.376 e. The van der Waals surface area contributed by atoms with Crippen LogP contribution in [0.25, 0.3) is 0 Å². The van der Waals surface area contributed by atoms with Gasteiger partial charge in [0.05, 0.1) is 12.1 Å². The summed E-state index contributed by atoms with van der Waals surface area (Å²) in [4.78, 5) is 0. The summed E-state index contributed by atoms with van der Waals surface area (Å²) in [6, 6.07) is 6.99. The molecule has 94 valence electrons. The van der Waals surface area contributed by atoms with Crippen LogP contribution in [-0.4, -0.2) is 19.8 Å². The van der Waals surface area contributed by atoms with Crippen molar-refractivity contribution in [2.75, 3.05) is 13.7 Å². The highest BCUT2D eigenvalue weighted by molar-refractivity contribution is 5.33. The maximum Gasteiger partial charge on any atom is 0.0795 e. The number of hydrogen-bond donors (Lipinski definition) is 1. The van der Waals surface area contributed by atoms with Gasteiger partial charge in [-0.1, -0.05) is 30.7 Å². The molecule has 1 aliphatic rings. The van der Waals surface area contributed by atoms with Crippen molar-refractivity contribution >= 4 is 0 Å². The molecule has 0 saturated carbocycles. The van der Waals surface area contributed by atoms with Crippen molar-refractivity contribution < 1.29 is 4.74 Å². The van der Waals surface area contributed by atoms with Crippen molar-refractivity contribution in [3.63, 3.8) is 0 Å². The molecule has 1 heterocycles. The molecule has 17 heavy (non-hydrogen) atoms. The van der Waals surface area contributed by atoms with E-state index in [1.807, 2.05) is 7.05 Å². The summed E-state index contributed by atoms with van der Waals surface area (Å²) in [5.41, 5.74) is 4.05. The molecule has 0 aromatic heterocycles. The van der Waals surface area contributed by atoms with E-state index >= 15 is 0 Å². The third kappa shape index (κ3) is 2.53. The fourth-order valence-electron chi connectivity index (χ4n) is 2.81. The summed E-state index contributed by atoms with van der Waals surface area (Å²) in [6.45, 7) is 7.51. The van der Waals surface area contributed by atoms with Gasteiger partial charge in [-0.15, -0.1) is 0 Å². The topological polar surface area (TPSA) is 21.3 Å². The van der Waals surface area contributed by atoms with Crippen molar-refractivity contribution in [1.82, 2.24) is 5.32 Å². The van der Waals surface area contributed by atoms with Crippen molar-refractivity contribution in [3.8, 4) is 0 Å². The summed E-state index contributed by atoms with van der Waals surface area (Å²) >= 11 is 0. The molecule has 3 atom stereocenters. The van der Waals surface area contributed by atoms with E-state index in [2.05, 4.69) is 44.3 Å². The summed E-state index contributed by atoms with van der Waals surface area (Å²) < 4.78 is 5.90. The number of ether oxygens (including phenoxy) is 1. The zero-order valence-electron chi connectivity index (χ0n) is 11.3. The number of hydrogen-bond acceptors (Lipinski definition) is 2. The van der Waals surface area contributed by atoms with E-state index in [-0.39, 0.29) is 0 Å². The maximum atomic E-state index is 5.90. The van der Waals surface area contributed by atoms with Gasteiger partial charge in [0.15, 0.2) is 0 Å². The number of rotatable bonds is 3. The number of benzene rings is 1. The molecular weight excluding hydrogens is 210 g/mol. The molecule has 1 aliphatic heterocycles. The quantitative estimate of drug-likeness (QED) is 0.866. The average molecular weight is 233 g/mol. The lowest BCUT2D eigenvalue weighted by molar-refractivity contribution is 0.0629. The first-order valence-electron chi connectivity index (χ1n) is 6.49. The Morgan fingerprint density at radius 1 is 1.35 bits per heavy atom. The largest absolute Gasteiger partial charge is 0.376 e. The van der Waals surface area contributed by atoms with Gasteiger partial charge in [-0.25, -0.2) is 0 Å². The first kappa shape index (κ1) is 12.6. The molecule has 1 aromatic rings. The molecule has 1 saturated heterocycles. The predicted octanol–water partition coefficient (Wildman–Crippen LogP) is 2.99. The highest BCUT2D eigenvalue weighted by Gasteiger charge is 2.32. The second-order valence-electron chi connectivity index (χ2n) is 5.23. The summed E-state index contributed by atoms with van der Waals surface area (Å²) in [6.07, 6.45) is 1.48. The summed E-state index contributed by atoms with van der Waals surface area (Å²) in [5, 5.41) is 3.43. The zero-order chi connectivity index (χ0) is 12.4. The third-order valence-corrected chi connectivity index (χ3v) is 3.84. The molecule has 0 amide bonds. The van der Waals surface area contributed by atoms with E-state index in [1.54, 1.807) is 0 Å². The Balaban J connectivity index is 2.28. The Hall–Kier alpha value is -0.860. The minimum absolute atomic E-state index is 0.307. The fraction of sp³-hybridized carbons (Fsp3) is 0.600. The molecule has 1 N–H and O–H groups in total. The molecule has 0 spiro atoms. The monoisotopic (exact) mass is 233 g/mol. The van der Waals surface area contributed by atoms with Gasteiger partial charge < -0.3 is 10.1 Å². The average Bonchev–Trinajstić information content (AvgIpc) is 2.69. The van der Waals surface area contributed by atoms with Crippen molar-refractivity contribution in [3.05, 3.63) is 34.9 Å². The van der Waals surface area contributed by atoms with E-state index in [0.29, 0.717) is 18.1 Å². The van der Waals surface area contributed by atoms with Crippen LogP contribution in [0.1, 0.15) is 36.1 Å². The second kappa shape index (κ2) is 5.19. The van der Waals surface area contributed by atoms with Crippen LogP contribution in [0, 0.1) is 19.8 Å². The van der Waals surface area contributed by atoms with Crippen LogP contribution in [0.3, 0.4) is 0 Å². The van der Waals surface area contributed by atoms with Gasteiger partial charge in [0.25, 0.3) is 0 Å². The zero-order valence-corrected chi connectivity index (χ0v) is 11.3. The Kier molecular flexibility index (Phi) is 3.85. The second-order valence-corrected chi connectivity index (χ2v) is 5.23. The molecule has 0 aliphatic carbocycles.